The Bertz CT molecular complexity index is 713. The number of amides is 1. The van der Waals surface area contributed by atoms with Gasteiger partial charge in [-0.05, 0) is 38.3 Å². The molecule has 1 aliphatic rings. The summed E-state index contributed by atoms with van der Waals surface area (Å²) in [6, 6.07) is 8.90. The van der Waals surface area contributed by atoms with Crippen LogP contribution in [0.4, 0.5) is 0 Å². The van der Waals surface area contributed by atoms with E-state index in [-0.39, 0.29) is 18.6 Å². The van der Waals surface area contributed by atoms with Gasteiger partial charge >= 0.3 is 0 Å². The van der Waals surface area contributed by atoms with Gasteiger partial charge in [0.05, 0.1) is 12.2 Å². The Balaban J connectivity index is 1.57. The summed E-state index contributed by atoms with van der Waals surface area (Å²) in [6.45, 7) is 5.52. The van der Waals surface area contributed by atoms with Crippen molar-refractivity contribution in [3.8, 4) is 0 Å². The Morgan fingerprint density at radius 1 is 1.35 bits per heavy atom. The number of hydrogen-bond acceptors (Lipinski definition) is 5. The summed E-state index contributed by atoms with van der Waals surface area (Å²) in [5.74, 6) is -0.239. The molecule has 1 atom stereocenters. The number of aliphatic hydroxyl groups is 1. The number of aryl methyl sites for hydroxylation is 1. The molecule has 3 rings (SSSR count). The number of hydrogen-bond donors (Lipinski definition) is 2. The Hall–Kier alpha value is -2.25. The summed E-state index contributed by atoms with van der Waals surface area (Å²) in [5.41, 5.74) is 2.93. The number of carbonyl (C=O) groups excluding carboxylic acids is 1. The van der Waals surface area contributed by atoms with Gasteiger partial charge in [-0.15, -0.1) is 5.10 Å². The highest BCUT2D eigenvalue weighted by Crippen LogP contribution is 2.22. The molecule has 0 bridgehead atoms. The quantitative estimate of drug-likeness (QED) is 0.735. The van der Waals surface area contributed by atoms with E-state index in [1.807, 2.05) is 4.68 Å². The van der Waals surface area contributed by atoms with Crippen LogP contribution in [-0.2, 0) is 6.54 Å². The van der Waals surface area contributed by atoms with E-state index in [1.54, 1.807) is 6.20 Å². The molecule has 0 aliphatic carbocycles. The van der Waals surface area contributed by atoms with Gasteiger partial charge in [-0.25, -0.2) is 4.68 Å². The van der Waals surface area contributed by atoms with Gasteiger partial charge in [0.2, 0.25) is 0 Å². The molecule has 7 nitrogen and oxygen atoms in total. The Morgan fingerprint density at radius 3 is 2.92 bits per heavy atom. The average Bonchev–Trinajstić information content (AvgIpc) is 3.14. The monoisotopic (exact) mass is 357 g/mol. The molecule has 1 aromatic heterocycles. The number of rotatable bonds is 7. The fourth-order valence-electron chi connectivity index (χ4n) is 3.27. The van der Waals surface area contributed by atoms with E-state index >= 15 is 0 Å². The van der Waals surface area contributed by atoms with Crippen LogP contribution in [0.25, 0.3) is 0 Å². The second-order valence-corrected chi connectivity index (χ2v) is 6.93. The first-order chi connectivity index (χ1) is 12.7. The summed E-state index contributed by atoms with van der Waals surface area (Å²) in [6.07, 6.45) is 4.42. The standard InChI is InChI=1S/C19H27N5O2/c1-15-5-7-16(8-6-15)12-23-10-2-4-17(13-23)24-14-18(21-22-24)19(26)20-9-3-11-25/h5-8,14,17,25H,2-4,9-13H2,1H3,(H,20,26)/t17-/m0/s1. The van der Waals surface area contributed by atoms with Crippen molar-refractivity contribution in [2.24, 2.45) is 0 Å². The van der Waals surface area contributed by atoms with E-state index in [0.29, 0.717) is 18.7 Å². The average molecular weight is 357 g/mol. The molecule has 1 amide bonds. The van der Waals surface area contributed by atoms with Crippen LogP contribution in [0.5, 0.6) is 0 Å². The Labute approximate surface area is 154 Å². The summed E-state index contributed by atoms with van der Waals surface area (Å²) in [4.78, 5) is 14.5. The maximum absolute atomic E-state index is 12.0. The van der Waals surface area contributed by atoms with Gasteiger partial charge in [-0.2, -0.15) is 0 Å². The minimum absolute atomic E-state index is 0.0614. The zero-order valence-electron chi connectivity index (χ0n) is 15.3. The van der Waals surface area contributed by atoms with Gasteiger partial charge < -0.3 is 10.4 Å². The summed E-state index contributed by atoms with van der Waals surface area (Å²) in [5, 5.41) is 19.7. The smallest absolute Gasteiger partial charge is 0.273 e. The van der Waals surface area contributed by atoms with Gasteiger partial charge in [-0.3, -0.25) is 9.69 Å². The lowest BCUT2D eigenvalue weighted by atomic mass is 10.0. The molecule has 140 valence electrons. The maximum atomic E-state index is 12.0. The molecular formula is C19H27N5O2. The van der Waals surface area contributed by atoms with Crippen molar-refractivity contribution < 1.29 is 9.90 Å². The van der Waals surface area contributed by atoms with Crippen LogP contribution >= 0.6 is 0 Å². The third-order valence-corrected chi connectivity index (χ3v) is 4.74. The number of nitrogens with zero attached hydrogens (tertiary/aromatic N) is 4. The fraction of sp³-hybridized carbons (Fsp3) is 0.526. The van der Waals surface area contributed by atoms with E-state index in [2.05, 4.69) is 51.7 Å². The van der Waals surface area contributed by atoms with Crippen LogP contribution in [0.1, 0.15) is 46.9 Å². The van der Waals surface area contributed by atoms with Gasteiger partial charge in [-0.1, -0.05) is 35.0 Å². The maximum Gasteiger partial charge on any atom is 0.273 e. The highest BCUT2D eigenvalue weighted by molar-refractivity contribution is 5.91. The van der Waals surface area contributed by atoms with Crippen LogP contribution < -0.4 is 5.32 Å². The molecule has 0 spiro atoms. The molecule has 1 fully saturated rings. The molecule has 0 unspecified atom stereocenters. The molecule has 2 N–H and O–H groups in total. The molecule has 26 heavy (non-hydrogen) atoms. The number of carbonyl (C=O) groups is 1. The van der Waals surface area contributed by atoms with Crippen LogP contribution in [0.15, 0.2) is 30.5 Å². The van der Waals surface area contributed by atoms with Crippen molar-refractivity contribution >= 4 is 5.91 Å². The highest BCUT2D eigenvalue weighted by atomic mass is 16.3. The number of benzene rings is 1. The van der Waals surface area contributed by atoms with Crippen molar-refractivity contribution in [1.29, 1.82) is 0 Å². The number of aliphatic hydroxyl groups excluding tert-OH is 1. The second-order valence-electron chi connectivity index (χ2n) is 6.93. The van der Waals surface area contributed by atoms with E-state index in [0.717, 1.165) is 32.5 Å². The highest BCUT2D eigenvalue weighted by Gasteiger charge is 2.23. The summed E-state index contributed by atoms with van der Waals surface area (Å²) in [7, 11) is 0. The van der Waals surface area contributed by atoms with Crippen molar-refractivity contribution in [3.05, 3.63) is 47.3 Å². The predicted octanol–water partition coefficient (Wildman–Crippen LogP) is 1.54. The van der Waals surface area contributed by atoms with Gasteiger partial charge in [0, 0.05) is 26.2 Å². The lowest BCUT2D eigenvalue weighted by molar-refractivity contribution is 0.0946. The fourth-order valence-corrected chi connectivity index (χ4v) is 3.27. The number of nitrogens with one attached hydrogen (secondary N) is 1. The van der Waals surface area contributed by atoms with E-state index in [1.165, 1.54) is 11.1 Å². The van der Waals surface area contributed by atoms with Crippen molar-refractivity contribution in [2.75, 3.05) is 26.2 Å². The Kier molecular flexibility index (Phi) is 6.35. The van der Waals surface area contributed by atoms with Crippen LogP contribution in [-0.4, -0.2) is 57.1 Å². The first kappa shape index (κ1) is 18.5. The third kappa shape index (κ3) is 4.89. The molecule has 1 aliphatic heterocycles. The molecule has 7 heteroatoms. The van der Waals surface area contributed by atoms with Crippen molar-refractivity contribution in [3.63, 3.8) is 0 Å². The van der Waals surface area contributed by atoms with Crippen LogP contribution in [0, 0.1) is 6.92 Å². The molecule has 2 heterocycles. The molecule has 0 radical (unpaired) electrons. The third-order valence-electron chi connectivity index (χ3n) is 4.74. The minimum atomic E-state index is -0.239. The number of likely N-dealkylation sites (tertiary alicyclic amines) is 1. The van der Waals surface area contributed by atoms with Gasteiger partial charge in [0.25, 0.3) is 5.91 Å². The van der Waals surface area contributed by atoms with E-state index < -0.39 is 0 Å². The van der Waals surface area contributed by atoms with Gasteiger partial charge in [0.15, 0.2) is 5.69 Å². The first-order valence-electron chi connectivity index (χ1n) is 9.24. The van der Waals surface area contributed by atoms with E-state index in [9.17, 15) is 4.79 Å². The van der Waals surface area contributed by atoms with E-state index in [4.69, 9.17) is 5.11 Å². The predicted molar refractivity (Wildman–Crippen MR) is 98.8 cm³/mol. The molecule has 0 saturated carbocycles. The minimum Gasteiger partial charge on any atom is -0.396 e. The molecule has 1 aromatic carbocycles. The van der Waals surface area contributed by atoms with Crippen molar-refractivity contribution in [2.45, 2.75) is 38.8 Å². The first-order valence-corrected chi connectivity index (χ1v) is 9.24. The molecular weight excluding hydrogens is 330 g/mol. The second kappa shape index (κ2) is 8.91. The lowest BCUT2D eigenvalue weighted by Gasteiger charge is -2.32. The van der Waals surface area contributed by atoms with Crippen LogP contribution in [0.3, 0.4) is 0 Å². The largest absolute Gasteiger partial charge is 0.396 e. The lowest BCUT2D eigenvalue weighted by Crippen LogP contribution is -2.36. The Morgan fingerprint density at radius 2 is 2.15 bits per heavy atom. The topological polar surface area (TPSA) is 83.3 Å². The van der Waals surface area contributed by atoms with Crippen LogP contribution in [0.2, 0.25) is 0 Å². The normalized spacial score (nSPS) is 18.0. The van der Waals surface area contributed by atoms with Gasteiger partial charge in [0.1, 0.15) is 0 Å². The zero-order valence-corrected chi connectivity index (χ0v) is 15.3. The number of piperidine rings is 1. The summed E-state index contributed by atoms with van der Waals surface area (Å²) >= 11 is 0. The SMILES string of the molecule is Cc1ccc(CN2CCC[C@H](n3cc(C(=O)NCCCO)nn3)C2)cc1. The number of aromatic nitrogens is 3. The summed E-state index contributed by atoms with van der Waals surface area (Å²) < 4.78 is 1.82. The van der Waals surface area contributed by atoms with Crippen molar-refractivity contribution in [1.82, 2.24) is 25.2 Å². The molecule has 2 aromatic rings. The zero-order chi connectivity index (χ0) is 18.4. The molecule has 1 saturated heterocycles.